The molecule has 2 saturated heterocycles. The predicted molar refractivity (Wildman–Crippen MR) is 83.8 cm³/mol. The average molecular weight is 344 g/mol. The number of carbonyl (C=O) groups is 1. The number of sulfone groups is 1. The van der Waals surface area contributed by atoms with Crippen molar-refractivity contribution in [3.63, 3.8) is 0 Å². The summed E-state index contributed by atoms with van der Waals surface area (Å²) in [6.45, 7) is 4.71. The minimum atomic E-state index is -2.86. The molecular formula is C13H20N4O3S2. The zero-order valence-corrected chi connectivity index (χ0v) is 14.2. The Hall–Kier alpha value is -1.06. The molecule has 0 bridgehead atoms. The van der Waals surface area contributed by atoms with Gasteiger partial charge >= 0.3 is 0 Å². The van der Waals surface area contributed by atoms with Crippen LogP contribution in [-0.4, -0.2) is 77.4 Å². The Morgan fingerprint density at radius 3 is 2.64 bits per heavy atom. The van der Waals surface area contributed by atoms with Gasteiger partial charge in [0.2, 0.25) is 0 Å². The van der Waals surface area contributed by atoms with Crippen LogP contribution in [0.25, 0.3) is 0 Å². The lowest BCUT2D eigenvalue weighted by molar-refractivity contribution is 0.0591. The maximum absolute atomic E-state index is 12.5. The Morgan fingerprint density at radius 2 is 2.05 bits per heavy atom. The number of hydrogen-bond donors (Lipinski definition) is 0. The molecule has 1 amide bonds. The zero-order chi connectivity index (χ0) is 15.7. The number of amides is 1. The van der Waals surface area contributed by atoms with Gasteiger partial charge in [0.15, 0.2) is 9.84 Å². The SMILES string of the molecule is CCc1nnsc1C(=O)N1CCN([C@H]2CCS(=O)(=O)C2)CC1. The molecule has 0 N–H and O–H groups in total. The third-order valence-electron chi connectivity index (χ3n) is 4.41. The lowest BCUT2D eigenvalue weighted by Crippen LogP contribution is -2.52. The van der Waals surface area contributed by atoms with Crippen molar-refractivity contribution in [2.24, 2.45) is 0 Å². The number of hydrogen-bond acceptors (Lipinski definition) is 7. The van der Waals surface area contributed by atoms with Crippen LogP contribution >= 0.6 is 11.5 Å². The van der Waals surface area contributed by atoms with Crippen LogP contribution in [0.2, 0.25) is 0 Å². The molecule has 2 aliphatic heterocycles. The molecule has 122 valence electrons. The van der Waals surface area contributed by atoms with E-state index in [4.69, 9.17) is 0 Å². The molecule has 0 aliphatic carbocycles. The van der Waals surface area contributed by atoms with E-state index >= 15 is 0 Å². The smallest absolute Gasteiger partial charge is 0.267 e. The van der Waals surface area contributed by atoms with Gasteiger partial charge in [-0.1, -0.05) is 11.4 Å². The van der Waals surface area contributed by atoms with E-state index in [0.717, 1.165) is 36.7 Å². The van der Waals surface area contributed by atoms with Crippen molar-refractivity contribution < 1.29 is 13.2 Å². The monoisotopic (exact) mass is 344 g/mol. The molecule has 0 radical (unpaired) electrons. The highest BCUT2D eigenvalue weighted by atomic mass is 32.2. The molecule has 1 atom stereocenters. The summed E-state index contributed by atoms with van der Waals surface area (Å²) in [4.78, 5) is 17.2. The van der Waals surface area contributed by atoms with Crippen molar-refractivity contribution in [1.29, 1.82) is 0 Å². The summed E-state index contributed by atoms with van der Waals surface area (Å²) < 4.78 is 27.0. The minimum Gasteiger partial charge on any atom is -0.335 e. The third-order valence-corrected chi connectivity index (χ3v) is 6.92. The normalized spacial score (nSPS) is 25.5. The number of aryl methyl sites for hydroxylation is 1. The van der Waals surface area contributed by atoms with Crippen molar-refractivity contribution in [2.45, 2.75) is 25.8 Å². The van der Waals surface area contributed by atoms with E-state index in [1.807, 2.05) is 11.8 Å². The second kappa shape index (κ2) is 6.21. The van der Waals surface area contributed by atoms with E-state index < -0.39 is 9.84 Å². The lowest BCUT2D eigenvalue weighted by Gasteiger charge is -2.37. The molecule has 3 rings (SSSR count). The van der Waals surface area contributed by atoms with Crippen molar-refractivity contribution in [2.75, 3.05) is 37.7 Å². The topological polar surface area (TPSA) is 83.5 Å². The first kappa shape index (κ1) is 15.8. The first-order valence-electron chi connectivity index (χ1n) is 7.55. The summed E-state index contributed by atoms with van der Waals surface area (Å²) in [6.07, 6.45) is 1.42. The Balaban J connectivity index is 1.59. The van der Waals surface area contributed by atoms with E-state index in [-0.39, 0.29) is 17.7 Å². The molecule has 3 heterocycles. The molecule has 0 unspecified atom stereocenters. The van der Waals surface area contributed by atoms with E-state index in [2.05, 4.69) is 14.5 Å². The Kier molecular flexibility index (Phi) is 4.47. The maximum Gasteiger partial charge on any atom is 0.267 e. The summed E-state index contributed by atoms with van der Waals surface area (Å²) in [6, 6.07) is 0.124. The highest BCUT2D eigenvalue weighted by Crippen LogP contribution is 2.21. The van der Waals surface area contributed by atoms with Gasteiger partial charge in [-0.15, -0.1) is 5.10 Å². The van der Waals surface area contributed by atoms with Crippen LogP contribution in [0, 0.1) is 0 Å². The molecule has 2 aliphatic rings. The van der Waals surface area contributed by atoms with E-state index in [1.54, 1.807) is 0 Å². The largest absolute Gasteiger partial charge is 0.335 e. The van der Waals surface area contributed by atoms with Gasteiger partial charge in [-0.05, 0) is 24.4 Å². The standard InChI is InChI=1S/C13H20N4O3S2/c1-2-11-12(21-15-14-11)13(18)17-6-4-16(5-7-17)10-3-8-22(19,20)9-10/h10H,2-9H2,1H3/t10-/m0/s1. The Labute approximate surface area is 134 Å². The molecule has 1 aromatic heterocycles. The van der Waals surface area contributed by atoms with Gasteiger partial charge in [-0.2, -0.15) is 0 Å². The van der Waals surface area contributed by atoms with Crippen LogP contribution in [0.3, 0.4) is 0 Å². The molecule has 22 heavy (non-hydrogen) atoms. The number of carbonyl (C=O) groups excluding carboxylic acids is 1. The zero-order valence-electron chi connectivity index (χ0n) is 12.6. The molecule has 2 fully saturated rings. The summed E-state index contributed by atoms with van der Waals surface area (Å²) in [5.74, 6) is 0.564. The van der Waals surface area contributed by atoms with Crippen molar-refractivity contribution in [3.8, 4) is 0 Å². The number of aromatic nitrogens is 2. The third kappa shape index (κ3) is 3.16. The lowest BCUT2D eigenvalue weighted by atomic mass is 10.2. The number of piperazine rings is 1. The number of rotatable bonds is 3. The summed E-state index contributed by atoms with van der Waals surface area (Å²) >= 11 is 1.16. The maximum atomic E-state index is 12.5. The van der Waals surface area contributed by atoms with Gasteiger partial charge in [0, 0.05) is 32.2 Å². The van der Waals surface area contributed by atoms with E-state index in [0.29, 0.717) is 30.1 Å². The van der Waals surface area contributed by atoms with Crippen LogP contribution in [0.15, 0.2) is 0 Å². The van der Waals surface area contributed by atoms with Crippen molar-refractivity contribution in [3.05, 3.63) is 10.6 Å². The van der Waals surface area contributed by atoms with E-state index in [1.165, 1.54) is 0 Å². The van der Waals surface area contributed by atoms with Crippen LogP contribution in [0.4, 0.5) is 0 Å². The van der Waals surface area contributed by atoms with Gasteiger partial charge in [0.25, 0.3) is 5.91 Å². The van der Waals surface area contributed by atoms with Gasteiger partial charge in [0.1, 0.15) is 4.88 Å². The Morgan fingerprint density at radius 1 is 1.32 bits per heavy atom. The summed E-state index contributed by atoms with van der Waals surface area (Å²) in [7, 11) is -2.86. The summed E-state index contributed by atoms with van der Waals surface area (Å²) in [5.41, 5.74) is 0.763. The highest BCUT2D eigenvalue weighted by Gasteiger charge is 2.34. The second-order valence-electron chi connectivity index (χ2n) is 5.79. The molecule has 0 saturated carbocycles. The van der Waals surface area contributed by atoms with Crippen LogP contribution in [0.1, 0.15) is 28.7 Å². The van der Waals surface area contributed by atoms with E-state index in [9.17, 15) is 13.2 Å². The van der Waals surface area contributed by atoms with Gasteiger partial charge in [0.05, 0.1) is 17.2 Å². The molecule has 0 aromatic carbocycles. The Bertz CT molecular complexity index is 650. The fourth-order valence-corrected chi connectivity index (χ4v) is 5.58. The van der Waals surface area contributed by atoms with Crippen LogP contribution in [0.5, 0.6) is 0 Å². The van der Waals surface area contributed by atoms with Gasteiger partial charge in [-0.25, -0.2) is 8.42 Å². The van der Waals surface area contributed by atoms with Gasteiger partial charge < -0.3 is 4.90 Å². The van der Waals surface area contributed by atoms with Crippen LogP contribution < -0.4 is 0 Å². The molecule has 9 heteroatoms. The quantitative estimate of drug-likeness (QED) is 0.770. The molecule has 1 aromatic rings. The predicted octanol–water partition coefficient (Wildman–Crippen LogP) is 0.0454. The molecule has 7 nitrogen and oxygen atoms in total. The number of nitrogens with zero attached hydrogens (tertiary/aromatic N) is 4. The fraction of sp³-hybridized carbons (Fsp3) is 0.769. The first-order chi connectivity index (χ1) is 10.5. The van der Waals surface area contributed by atoms with Crippen molar-refractivity contribution >= 4 is 27.3 Å². The molecule has 0 spiro atoms. The van der Waals surface area contributed by atoms with Crippen LogP contribution in [-0.2, 0) is 16.3 Å². The fourth-order valence-electron chi connectivity index (χ4n) is 3.10. The van der Waals surface area contributed by atoms with Gasteiger partial charge in [-0.3, -0.25) is 9.69 Å². The second-order valence-corrected chi connectivity index (χ2v) is 8.77. The average Bonchev–Trinajstić information content (AvgIpc) is 3.12. The molecular weight excluding hydrogens is 324 g/mol. The first-order valence-corrected chi connectivity index (χ1v) is 10.1. The van der Waals surface area contributed by atoms with Crippen molar-refractivity contribution in [1.82, 2.24) is 19.4 Å². The highest BCUT2D eigenvalue weighted by molar-refractivity contribution is 7.91. The minimum absolute atomic E-state index is 0.00513. The summed E-state index contributed by atoms with van der Waals surface area (Å²) in [5, 5.41) is 3.99.